The number of sulfonamides is 1. The number of rotatable bonds is 7. The number of nitrogens with zero attached hydrogens (tertiary/aromatic N) is 5. The highest BCUT2D eigenvalue weighted by Crippen LogP contribution is 2.24. The first-order chi connectivity index (χ1) is 11.6. The van der Waals surface area contributed by atoms with Crippen molar-refractivity contribution in [2.75, 3.05) is 0 Å². The van der Waals surface area contributed by atoms with Crippen molar-refractivity contribution in [3.05, 3.63) is 24.3 Å². The fourth-order valence-corrected chi connectivity index (χ4v) is 4.53. The molecule has 0 bridgehead atoms. The summed E-state index contributed by atoms with van der Waals surface area (Å²) in [4.78, 5) is 11.0. The molecular formula is C15H21N5O4S. The molecule has 1 aromatic carbocycles. The number of hydrogen-bond acceptors (Lipinski definition) is 6. The minimum absolute atomic E-state index is 0.163. The van der Waals surface area contributed by atoms with Crippen LogP contribution >= 0.6 is 0 Å². The Morgan fingerprint density at radius 3 is 2.20 bits per heavy atom. The van der Waals surface area contributed by atoms with Gasteiger partial charge in [0.05, 0.1) is 4.90 Å². The van der Waals surface area contributed by atoms with Crippen LogP contribution in [0.2, 0.25) is 0 Å². The van der Waals surface area contributed by atoms with Crippen molar-refractivity contribution < 1.29 is 18.3 Å². The van der Waals surface area contributed by atoms with Crippen LogP contribution in [0.15, 0.2) is 29.2 Å². The van der Waals surface area contributed by atoms with E-state index in [1.807, 2.05) is 27.7 Å². The zero-order valence-electron chi connectivity index (χ0n) is 14.5. The first kappa shape index (κ1) is 19.0. The summed E-state index contributed by atoms with van der Waals surface area (Å²) in [6.07, 6.45) is 0. The lowest BCUT2D eigenvalue weighted by Gasteiger charge is -2.29. The molecule has 1 aromatic heterocycles. The third kappa shape index (κ3) is 4.02. The Bertz CT molecular complexity index is 835. The van der Waals surface area contributed by atoms with Crippen LogP contribution in [0.4, 0.5) is 0 Å². The number of benzene rings is 1. The Balaban J connectivity index is 2.37. The highest BCUT2D eigenvalue weighted by molar-refractivity contribution is 7.89. The summed E-state index contributed by atoms with van der Waals surface area (Å²) < 4.78 is 28.2. The Morgan fingerprint density at radius 2 is 1.72 bits per heavy atom. The standard InChI is InChI=1S/C15H21N5O4S/c1-10(2)20(11(3)4)25(23,24)13-7-5-12(6-8-13)15-16-17-18-19(15)9-14(21)22/h5-8,10-11H,9H2,1-4H3,(H,21,22). The van der Waals surface area contributed by atoms with Gasteiger partial charge >= 0.3 is 5.97 Å². The monoisotopic (exact) mass is 367 g/mol. The largest absolute Gasteiger partial charge is 0.480 e. The molecule has 25 heavy (non-hydrogen) atoms. The molecule has 0 spiro atoms. The van der Waals surface area contributed by atoms with E-state index in [4.69, 9.17) is 5.11 Å². The second-order valence-electron chi connectivity index (χ2n) is 6.10. The van der Waals surface area contributed by atoms with Crippen LogP contribution in [0.3, 0.4) is 0 Å². The topological polar surface area (TPSA) is 118 Å². The molecule has 1 N–H and O–H groups in total. The molecule has 0 atom stereocenters. The molecule has 1 heterocycles. The van der Waals surface area contributed by atoms with Crippen molar-refractivity contribution in [1.29, 1.82) is 0 Å². The number of tetrazole rings is 1. The van der Waals surface area contributed by atoms with Crippen LogP contribution in [0.1, 0.15) is 27.7 Å². The van der Waals surface area contributed by atoms with Gasteiger partial charge in [0.25, 0.3) is 0 Å². The van der Waals surface area contributed by atoms with Gasteiger partial charge in [-0.15, -0.1) is 5.10 Å². The maximum absolute atomic E-state index is 12.8. The van der Waals surface area contributed by atoms with Crippen LogP contribution in [0, 0.1) is 0 Å². The summed E-state index contributed by atoms with van der Waals surface area (Å²) in [6.45, 7) is 6.92. The van der Waals surface area contributed by atoms with E-state index < -0.39 is 16.0 Å². The van der Waals surface area contributed by atoms with E-state index in [9.17, 15) is 13.2 Å². The molecule has 0 aliphatic rings. The van der Waals surface area contributed by atoms with E-state index in [1.165, 1.54) is 16.4 Å². The minimum Gasteiger partial charge on any atom is -0.480 e. The number of carbonyl (C=O) groups is 1. The number of aromatic nitrogens is 4. The predicted molar refractivity (Wildman–Crippen MR) is 90.2 cm³/mol. The van der Waals surface area contributed by atoms with Crippen LogP contribution in [-0.4, -0.2) is 56.1 Å². The SMILES string of the molecule is CC(C)N(C(C)C)S(=O)(=O)c1ccc(-c2nnnn2CC(=O)O)cc1. The van der Waals surface area contributed by atoms with E-state index in [0.29, 0.717) is 5.56 Å². The second-order valence-corrected chi connectivity index (χ2v) is 7.94. The summed E-state index contributed by atoms with van der Waals surface area (Å²) in [5.41, 5.74) is 0.533. The minimum atomic E-state index is -3.63. The lowest BCUT2D eigenvalue weighted by atomic mass is 10.2. The van der Waals surface area contributed by atoms with Gasteiger partial charge in [0, 0.05) is 17.6 Å². The quantitative estimate of drug-likeness (QED) is 0.782. The normalized spacial score (nSPS) is 12.3. The number of carboxylic acids is 1. The summed E-state index contributed by atoms with van der Waals surface area (Å²) >= 11 is 0. The van der Waals surface area contributed by atoms with Gasteiger partial charge in [0.1, 0.15) is 6.54 Å². The van der Waals surface area contributed by atoms with Gasteiger partial charge in [0.2, 0.25) is 10.0 Å². The summed E-state index contributed by atoms with van der Waals surface area (Å²) in [6, 6.07) is 5.73. The highest BCUT2D eigenvalue weighted by Gasteiger charge is 2.29. The molecule has 0 saturated carbocycles. The van der Waals surface area contributed by atoms with Gasteiger partial charge in [-0.1, -0.05) is 0 Å². The molecule has 136 valence electrons. The molecule has 2 aromatic rings. The van der Waals surface area contributed by atoms with Gasteiger partial charge in [-0.3, -0.25) is 4.79 Å². The zero-order valence-corrected chi connectivity index (χ0v) is 15.3. The van der Waals surface area contributed by atoms with Gasteiger partial charge in [0.15, 0.2) is 5.82 Å². The van der Waals surface area contributed by atoms with Crippen molar-refractivity contribution in [2.24, 2.45) is 0 Å². The number of aliphatic carboxylic acids is 1. The average Bonchev–Trinajstić information content (AvgIpc) is 2.93. The van der Waals surface area contributed by atoms with Crippen molar-refractivity contribution in [3.63, 3.8) is 0 Å². The maximum atomic E-state index is 12.8. The number of hydrogen-bond donors (Lipinski definition) is 1. The highest BCUT2D eigenvalue weighted by atomic mass is 32.2. The van der Waals surface area contributed by atoms with Crippen LogP contribution in [0.5, 0.6) is 0 Å². The number of carboxylic acid groups (broad SMARTS) is 1. The first-order valence-electron chi connectivity index (χ1n) is 7.76. The molecule has 10 heteroatoms. The molecule has 0 aliphatic carbocycles. The molecule has 0 aliphatic heterocycles. The molecular weight excluding hydrogens is 346 g/mol. The van der Waals surface area contributed by atoms with Gasteiger partial charge in [-0.05, 0) is 62.4 Å². The van der Waals surface area contributed by atoms with Crippen molar-refractivity contribution in [3.8, 4) is 11.4 Å². The Kier molecular flexibility index (Phi) is 5.53. The Hall–Kier alpha value is -2.33. The van der Waals surface area contributed by atoms with E-state index in [-0.39, 0.29) is 29.3 Å². The molecule has 0 saturated heterocycles. The van der Waals surface area contributed by atoms with Gasteiger partial charge in [-0.2, -0.15) is 4.31 Å². The fourth-order valence-electron chi connectivity index (χ4n) is 2.70. The second kappa shape index (κ2) is 7.28. The van der Waals surface area contributed by atoms with Gasteiger partial charge in [-0.25, -0.2) is 13.1 Å². The third-order valence-electron chi connectivity index (χ3n) is 3.52. The van der Waals surface area contributed by atoms with Gasteiger partial charge < -0.3 is 5.11 Å². The van der Waals surface area contributed by atoms with E-state index in [2.05, 4.69) is 15.5 Å². The summed E-state index contributed by atoms with van der Waals surface area (Å²) in [5, 5.41) is 19.8. The Morgan fingerprint density at radius 1 is 1.16 bits per heavy atom. The van der Waals surface area contributed by atoms with Crippen molar-refractivity contribution in [2.45, 2.75) is 51.2 Å². The smallest absolute Gasteiger partial charge is 0.325 e. The van der Waals surface area contributed by atoms with Crippen LogP contribution < -0.4 is 0 Å². The van der Waals surface area contributed by atoms with E-state index >= 15 is 0 Å². The van der Waals surface area contributed by atoms with E-state index in [0.717, 1.165) is 4.68 Å². The molecule has 0 radical (unpaired) electrons. The lowest BCUT2D eigenvalue weighted by molar-refractivity contribution is -0.137. The Labute approximate surface area is 146 Å². The first-order valence-corrected chi connectivity index (χ1v) is 9.20. The average molecular weight is 367 g/mol. The summed E-state index contributed by atoms with van der Waals surface area (Å²) in [5.74, 6) is -0.812. The van der Waals surface area contributed by atoms with E-state index in [1.54, 1.807) is 12.1 Å². The molecule has 2 rings (SSSR count). The molecule has 0 unspecified atom stereocenters. The zero-order chi connectivity index (χ0) is 18.8. The van der Waals surface area contributed by atoms with Crippen molar-refractivity contribution in [1.82, 2.24) is 24.5 Å². The molecule has 0 amide bonds. The van der Waals surface area contributed by atoms with Crippen LogP contribution in [0.25, 0.3) is 11.4 Å². The summed E-state index contributed by atoms with van der Waals surface area (Å²) in [7, 11) is -3.63. The lowest BCUT2D eigenvalue weighted by Crippen LogP contribution is -2.41. The van der Waals surface area contributed by atoms with Crippen molar-refractivity contribution >= 4 is 16.0 Å². The fraction of sp³-hybridized carbons (Fsp3) is 0.467. The maximum Gasteiger partial charge on any atom is 0.325 e. The van der Waals surface area contributed by atoms with Crippen LogP contribution in [-0.2, 0) is 21.4 Å². The third-order valence-corrected chi connectivity index (χ3v) is 5.79. The molecule has 9 nitrogen and oxygen atoms in total. The molecule has 0 fully saturated rings. The predicted octanol–water partition coefficient (Wildman–Crippen LogP) is 1.23.